The monoisotopic (exact) mass is 626 g/mol. The van der Waals surface area contributed by atoms with Crippen molar-refractivity contribution < 1.29 is 18.9 Å². The minimum Gasteiger partial charge on any atom is -0.496 e. The second kappa shape index (κ2) is 15.0. The Labute approximate surface area is 272 Å². The molecular formula is C36H46N6O4. The molecule has 2 aromatic heterocycles. The number of pyridine rings is 1. The van der Waals surface area contributed by atoms with Gasteiger partial charge in [-0.25, -0.2) is 4.98 Å². The van der Waals surface area contributed by atoms with Crippen molar-refractivity contribution in [1.82, 2.24) is 15.0 Å². The van der Waals surface area contributed by atoms with Crippen LogP contribution in [-0.2, 0) is 16.0 Å². The summed E-state index contributed by atoms with van der Waals surface area (Å²) in [7, 11) is 1.70. The maximum absolute atomic E-state index is 5.99. The maximum Gasteiger partial charge on any atom is 0.229 e. The quantitative estimate of drug-likeness (QED) is 0.180. The molecule has 244 valence electrons. The molecule has 2 saturated heterocycles. The van der Waals surface area contributed by atoms with E-state index in [2.05, 4.69) is 72.3 Å². The first-order valence-electron chi connectivity index (χ1n) is 16.6. The fraction of sp³-hybridized carbons (Fsp3) is 0.472. The fourth-order valence-corrected chi connectivity index (χ4v) is 6.13. The Kier molecular flexibility index (Phi) is 10.3. The van der Waals surface area contributed by atoms with Crippen LogP contribution in [0.4, 0.5) is 17.5 Å². The normalized spacial score (nSPS) is 18.5. The summed E-state index contributed by atoms with van der Waals surface area (Å²) in [5, 5.41) is 4.48. The van der Waals surface area contributed by atoms with E-state index in [9.17, 15) is 0 Å². The summed E-state index contributed by atoms with van der Waals surface area (Å²) in [5.74, 6) is 3.32. The summed E-state index contributed by atoms with van der Waals surface area (Å²) < 4.78 is 23.2. The molecule has 6 rings (SSSR count). The maximum atomic E-state index is 5.99. The molecule has 0 bridgehead atoms. The molecule has 46 heavy (non-hydrogen) atoms. The van der Waals surface area contributed by atoms with E-state index in [-0.39, 0.29) is 12.2 Å². The van der Waals surface area contributed by atoms with E-state index in [0.717, 1.165) is 84.4 Å². The zero-order valence-electron chi connectivity index (χ0n) is 27.5. The van der Waals surface area contributed by atoms with Crippen molar-refractivity contribution in [2.75, 3.05) is 68.2 Å². The van der Waals surface area contributed by atoms with Crippen LogP contribution in [0.1, 0.15) is 45.6 Å². The predicted octanol–water partition coefficient (Wildman–Crippen LogP) is 6.33. The molecule has 2 fully saturated rings. The molecule has 4 heterocycles. The second-order valence-electron chi connectivity index (χ2n) is 12.1. The number of methoxy groups -OCH3 is 1. The van der Waals surface area contributed by atoms with Crippen LogP contribution < -0.4 is 24.6 Å². The van der Waals surface area contributed by atoms with Gasteiger partial charge in [0.25, 0.3) is 0 Å². The number of unbranched alkanes of at least 4 members (excludes halogenated alkanes) is 2. The minimum absolute atomic E-state index is 0.0994. The zero-order valence-corrected chi connectivity index (χ0v) is 27.5. The van der Waals surface area contributed by atoms with Gasteiger partial charge in [-0.1, -0.05) is 19.8 Å². The van der Waals surface area contributed by atoms with Crippen LogP contribution in [0.25, 0.3) is 22.3 Å². The molecule has 2 aliphatic rings. The minimum atomic E-state index is 0.0994. The number of hydrogen-bond acceptors (Lipinski definition) is 10. The lowest BCUT2D eigenvalue weighted by Gasteiger charge is -2.36. The predicted molar refractivity (Wildman–Crippen MR) is 183 cm³/mol. The number of fused-ring (bicyclic) bond motifs is 1. The third kappa shape index (κ3) is 7.62. The van der Waals surface area contributed by atoms with Crippen molar-refractivity contribution >= 4 is 28.5 Å². The Morgan fingerprint density at radius 2 is 1.67 bits per heavy atom. The molecule has 0 amide bonds. The highest BCUT2D eigenvalue weighted by molar-refractivity contribution is 5.90. The average Bonchev–Trinajstić information content (AvgIpc) is 3.09. The molecule has 1 N–H and O–H groups in total. The summed E-state index contributed by atoms with van der Waals surface area (Å²) in [4.78, 5) is 19.7. The lowest BCUT2D eigenvalue weighted by molar-refractivity contribution is -0.00570. The van der Waals surface area contributed by atoms with Gasteiger partial charge in [0.2, 0.25) is 5.95 Å². The summed E-state index contributed by atoms with van der Waals surface area (Å²) in [6.45, 7) is 12.1. The Bertz CT molecular complexity index is 1580. The summed E-state index contributed by atoms with van der Waals surface area (Å²) in [6, 6.07) is 18.5. The van der Waals surface area contributed by atoms with Gasteiger partial charge in [-0.3, -0.25) is 0 Å². The number of nitrogens with zero attached hydrogens (tertiary/aromatic N) is 5. The SMILES string of the molecule is CCCCCOc1ccc(NCc2cc(-c3ccc4c(N5CCOCC5)nc(N5C[C@@H](C)O[C@@H](C)C5)nc4n3)ccc2OC)cc1. The van der Waals surface area contributed by atoms with Gasteiger partial charge in [-0.05, 0) is 74.9 Å². The van der Waals surface area contributed by atoms with E-state index < -0.39 is 0 Å². The van der Waals surface area contributed by atoms with Gasteiger partial charge in [0.1, 0.15) is 17.3 Å². The van der Waals surface area contributed by atoms with Gasteiger partial charge in [-0.2, -0.15) is 9.97 Å². The molecule has 0 saturated carbocycles. The van der Waals surface area contributed by atoms with Crippen molar-refractivity contribution in [2.24, 2.45) is 0 Å². The van der Waals surface area contributed by atoms with Crippen LogP contribution in [0.5, 0.6) is 11.5 Å². The number of hydrogen-bond donors (Lipinski definition) is 1. The van der Waals surface area contributed by atoms with Crippen molar-refractivity contribution in [2.45, 2.75) is 58.8 Å². The van der Waals surface area contributed by atoms with Gasteiger partial charge < -0.3 is 34.1 Å². The first-order chi connectivity index (χ1) is 22.5. The molecule has 2 aromatic carbocycles. The molecule has 2 aliphatic heterocycles. The second-order valence-corrected chi connectivity index (χ2v) is 12.1. The number of anilines is 3. The molecular weight excluding hydrogens is 580 g/mol. The molecule has 0 aliphatic carbocycles. The molecule has 10 nitrogen and oxygen atoms in total. The van der Waals surface area contributed by atoms with Crippen LogP contribution in [-0.4, -0.2) is 80.3 Å². The van der Waals surface area contributed by atoms with Gasteiger partial charge in [0.15, 0.2) is 5.65 Å². The first kappa shape index (κ1) is 31.8. The van der Waals surface area contributed by atoms with E-state index in [1.807, 2.05) is 18.2 Å². The Morgan fingerprint density at radius 3 is 2.41 bits per heavy atom. The Balaban J connectivity index is 1.26. The van der Waals surface area contributed by atoms with Crippen LogP contribution in [0.15, 0.2) is 54.6 Å². The standard InChI is InChI=1S/C36H46N6O4/c1-5-6-7-18-45-30-11-9-29(10-12-30)37-22-28-21-27(8-15-33(28)43-4)32-14-13-31-34(38-32)39-36(42-23-25(2)46-26(3)24-42)40-35(31)41-16-19-44-20-17-41/h8-15,21,25-26,37H,5-7,16-20,22-24H2,1-4H3/t25-,26+. The van der Waals surface area contributed by atoms with Crippen LogP contribution in [0.3, 0.4) is 0 Å². The van der Waals surface area contributed by atoms with Crippen molar-refractivity contribution in [1.29, 1.82) is 0 Å². The lowest BCUT2D eigenvalue weighted by Crippen LogP contribution is -2.46. The highest BCUT2D eigenvalue weighted by Crippen LogP contribution is 2.32. The third-order valence-electron chi connectivity index (χ3n) is 8.47. The van der Waals surface area contributed by atoms with E-state index in [1.165, 1.54) is 12.8 Å². The molecule has 10 heteroatoms. The van der Waals surface area contributed by atoms with E-state index in [1.54, 1.807) is 7.11 Å². The van der Waals surface area contributed by atoms with Crippen molar-refractivity contribution in [3.8, 4) is 22.8 Å². The molecule has 0 radical (unpaired) electrons. The topological polar surface area (TPSA) is 94.1 Å². The summed E-state index contributed by atoms with van der Waals surface area (Å²) in [5.41, 5.74) is 4.59. The number of rotatable bonds is 12. The summed E-state index contributed by atoms with van der Waals surface area (Å²) in [6.07, 6.45) is 3.65. The van der Waals surface area contributed by atoms with E-state index >= 15 is 0 Å². The van der Waals surface area contributed by atoms with Gasteiger partial charge in [-0.15, -0.1) is 0 Å². The van der Waals surface area contributed by atoms with E-state index in [4.69, 9.17) is 33.9 Å². The number of morpholine rings is 2. The van der Waals surface area contributed by atoms with Crippen molar-refractivity contribution in [3.63, 3.8) is 0 Å². The van der Waals surface area contributed by atoms with Gasteiger partial charge in [0.05, 0.1) is 50.2 Å². The van der Waals surface area contributed by atoms with E-state index in [0.29, 0.717) is 31.4 Å². The highest BCUT2D eigenvalue weighted by atomic mass is 16.5. The number of nitrogens with one attached hydrogen (secondary N) is 1. The van der Waals surface area contributed by atoms with Gasteiger partial charge >= 0.3 is 0 Å². The number of aromatic nitrogens is 3. The van der Waals surface area contributed by atoms with Crippen LogP contribution >= 0.6 is 0 Å². The Hall–Kier alpha value is -4.15. The molecule has 2 atom stereocenters. The molecule has 0 unspecified atom stereocenters. The zero-order chi connectivity index (χ0) is 31.9. The van der Waals surface area contributed by atoms with Gasteiger partial charge in [0, 0.05) is 49.5 Å². The number of benzene rings is 2. The number of ether oxygens (including phenoxy) is 4. The lowest BCUT2D eigenvalue weighted by atomic mass is 10.1. The van der Waals surface area contributed by atoms with Crippen LogP contribution in [0.2, 0.25) is 0 Å². The largest absolute Gasteiger partial charge is 0.496 e. The average molecular weight is 627 g/mol. The third-order valence-corrected chi connectivity index (χ3v) is 8.47. The molecule has 0 spiro atoms. The first-order valence-corrected chi connectivity index (χ1v) is 16.6. The molecule has 4 aromatic rings. The fourth-order valence-electron chi connectivity index (χ4n) is 6.13. The van der Waals surface area contributed by atoms with Crippen molar-refractivity contribution in [3.05, 3.63) is 60.2 Å². The Morgan fingerprint density at radius 1 is 0.891 bits per heavy atom. The van der Waals surface area contributed by atoms with Crippen LogP contribution in [0, 0.1) is 0 Å². The smallest absolute Gasteiger partial charge is 0.229 e. The summed E-state index contributed by atoms with van der Waals surface area (Å²) >= 11 is 0. The highest BCUT2D eigenvalue weighted by Gasteiger charge is 2.27.